The van der Waals surface area contributed by atoms with Crippen molar-refractivity contribution in [3.8, 4) is 0 Å². The minimum Gasteiger partial charge on any atom is -0.166 e. The largest absolute Gasteiger partial charge is 0.416 e. The van der Waals surface area contributed by atoms with Gasteiger partial charge in [0.05, 0.1) is 10.9 Å². The SMILES string of the molecule is Cc1cc(Cl)c(C(Cl)c2ccccc2C(F)(F)F)cc1C. The maximum Gasteiger partial charge on any atom is 0.416 e. The fraction of sp³-hybridized carbons (Fsp3) is 0.250. The van der Waals surface area contributed by atoms with Gasteiger partial charge in [-0.1, -0.05) is 35.9 Å². The summed E-state index contributed by atoms with van der Waals surface area (Å²) in [6, 6.07) is 8.75. The predicted molar refractivity (Wildman–Crippen MR) is 80.1 cm³/mol. The van der Waals surface area contributed by atoms with Gasteiger partial charge in [0.2, 0.25) is 0 Å². The highest BCUT2D eigenvalue weighted by Crippen LogP contribution is 2.41. The third-order valence-corrected chi connectivity index (χ3v) is 4.22. The van der Waals surface area contributed by atoms with Gasteiger partial charge in [-0.05, 0) is 48.2 Å². The molecular weight excluding hydrogens is 320 g/mol. The second kappa shape index (κ2) is 5.90. The third-order valence-electron chi connectivity index (χ3n) is 3.43. The van der Waals surface area contributed by atoms with E-state index in [1.807, 2.05) is 13.8 Å². The summed E-state index contributed by atoms with van der Waals surface area (Å²) < 4.78 is 39.2. The van der Waals surface area contributed by atoms with Crippen LogP contribution in [0.3, 0.4) is 0 Å². The first-order chi connectivity index (χ1) is 9.71. The standard InChI is InChI=1S/C16H13Cl2F3/c1-9-7-12(14(17)8-10(9)2)15(18)11-5-3-4-6-13(11)16(19,20)21/h3-8,15H,1-2H3. The molecule has 21 heavy (non-hydrogen) atoms. The van der Waals surface area contributed by atoms with E-state index in [4.69, 9.17) is 23.2 Å². The Bertz CT molecular complexity index is 663. The number of aryl methyl sites for hydroxylation is 2. The predicted octanol–water partition coefficient (Wildman–Crippen LogP) is 6.30. The second-order valence-corrected chi connectivity index (χ2v) is 5.75. The van der Waals surface area contributed by atoms with Crippen LogP contribution < -0.4 is 0 Å². The number of halogens is 5. The maximum atomic E-state index is 13.1. The molecular formula is C16H13Cl2F3. The van der Waals surface area contributed by atoms with E-state index in [0.717, 1.165) is 17.2 Å². The molecule has 0 aromatic heterocycles. The molecule has 0 aliphatic heterocycles. The molecule has 2 rings (SSSR count). The molecule has 0 bridgehead atoms. The summed E-state index contributed by atoms with van der Waals surface area (Å²) in [4.78, 5) is 0. The molecule has 0 spiro atoms. The van der Waals surface area contributed by atoms with E-state index in [1.165, 1.54) is 18.2 Å². The van der Waals surface area contributed by atoms with Crippen LogP contribution in [0, 0.1) is 13.8 Å². The Morgan fingerprint density at radius 3 is 2.14 bits per heavy atom. The van der Waals surface area contributed by atoms with Crippen molar-refractivity contribution in [3.63, 3.8) is 0 Å². The molecule has 0 fully saturated rings. The van der Waals surface area contributed by atoms with Crippen molar-refractivity contribution in [1.82, 2.24) is 0 Å². The minimum absolute atomic E-state index is 0.0109. The van der Waals surface area contributed by atoms with Crippen LogP contribution in [0.2, 0.25) is 5.02 Å². The van der Waals surface area contributed by atoms with Crippen molar-refractivity contribution in [2.45, 2.75) is 25.4 Å². The van der Waals surface area contributed by atoms with Crippen LogP contribution in [0.5, 0.6) is 0 Å². The van der Waals surface area contributed by atoms with Crippen molar-refractivity contribution in [3.05, 3.63) is 69.2 Å². The van der Waals surface area contributed by atoms with Crippen LogP contribution in [0.15, 0.2) is 36.4 Å². The lowest BCUT2D eigenvalue weighted by Gasteiger charge is -2.19. The van der Waals surface area contributed by atoms with Gasteiger partial charge >= 0.3 is 6.18 Å². The zero-order valence-corrected chi connectivity index (χ0v) is 12.9. The van der Waals surface area contributed by atoms with Gasteiger partial charge in [0.1, 0.15) is 0 Å². The molecule has 2 aromatic carbocycles. The molecule has 0 N–H and O–H groups in total. The topological polar surface area (TPSA) is 0 Å². The fourth-order valence-electron chi connectivity index (χ4n) is 2.14. The number of hydrogen-bond donors (Lipinski definition) is 0. The first-order valence-corrected chi connectivity index (χ1v) is 7.10. The smallest absolute Gasteiger partial charge is 0.166 e. The number of hydrogen-bond acceptors (Lipinski definition) is 0. The molecule has 2 aromatic rings. The van der Waals surface area contributed by atoms with E-state index in [0.29, 0.717) is 10.6 Å². The Kier molecular flexibility index (Phi) is 4.54. The van der Waals surface area contributed by atoms with E-state index >= 15 is 0 Å². The van der Waals surface area contributed by atoms with Crippen LogP contribution >= 0.6 is 23.2 Å². The quantitative estimate of drug-likeness (QED) is 0.566. The third kappa shape index (κ3) is 3.35. The Balaban J connectivity index is 2.56. The highest BCUT2D eigenvalue weighted by atomic mass is 35.5. The van der Waals surface area contributed by atoms with E-state index < -0.39 is 17.1 Å². The summed E-state index contributed by atoms with van der Waals surface area (Å²) in [7, 11) is 0. The van der Waals surface area contributed by atoms with Crippen molar-refractivity contribution < 1.29 is 13.2 Å². The van der Waals surface area contributed by atoms with Gasteiger partial charge in [0.25, 0.3) is 0 Å². The lowest BCUT2D eigenvalue weighted by atomic mass is 9.96. The summed E-state index contributed by atoms with van der Waals surface area (Å²) in [5.74, 6) is 0. The van der Waals surface area contributed by atoms with Gasteiger partial charge in [0, 0.05) is 5.02 Å². The molecule has 112 valence electrons. The summed E-state index contributed by atoms with van der Waals surface area (Å²) in [6.45, 7) is 3.76. The molecule has 0 heterocycles. The van der Waals surface area contributed by atoms with E-state index in [9.17, 15) is 13.2 Å². The molecule has 1 atom stereocenters. The second-order valence-electron chi connectivity index (χ2n) is 4.91. The van der Waals surface area contributed by atoms with Gasteiger partial charge in [-0.25, -0.2) is 0 Å². The average Bonchev–Trinajstić information content (AvgIpc) is 2.41. The van der Waals surface area contributed by atoms with Gasteiger partial charge in [0.15, 0.2) is 0 Å². The van der Waals surface area contributed by atoms with Crippen molar-refractivity contribution in [1.29, 1.82) is 0 Å². The van der Waals surface area contributed by atoms with E-state index in [-0.39, 0.29) is 5.56 Å². The zero-order chi connectivity index (χ0) is 15.8. The maximum absolute atomic E-state index is 13.1. The molecule has 1 unspecified atom stereocenters. The van der Waals surface area contributed by atoms with E-state index in [1.54, 1.807) is 12.1 Å². The van der Waals surface area contributed by atoms with Crippen molar-refractivity contribution in [2.75, 3.05) is 0 Å². The summed E-state index contributed by atoms with van der Waals surface area (Å²) in [6.07, 6.45) is -4.45. The van der Waals surface area contributed by atoms with Crippen LogP contribution in [-0.2, 0) is 6.18 Å². The van der Waals surface area contributed by atoms with Crippen molar-refractivity contribution >= 4 is 23.2 Å². The zero-order valence-electron chi connectivity index (χ0n) is 11.4. The Hall–Kier alpha value is -1.19. The Morgan fingerprint density at radius 2 is 1.52 bits per heavy atom. The molecule has 0 amide bonds. The molecule has 0 radical (unpaired) electrons. The monoisotopic (exact) mass is 332 g/mol. The van der Waals surface area contributed by atoms with Crippen LogP contribution in [0.25, 0.3) is 0 Å². The summed E-state index contributed by atoms with van der Waals surface area (Å²) >= 11 is 12.4. The number of benzene rings is 2. The summed E-state index contributed by atoms with van der Waals surface area (Å²) in [5, 5.41) is -0.579. The summed E-state index contributed by atoms with van der Waals surface area (Å²) in [5.41, 5.74) is 1.66. The van der Waals surface area contributed by atoms with Crippen LogP contribution in [0.4, 0.5) is 13.2 Å². The van der Waals surface area contributed by atoms with Crippen LogP contribution in [-0.4, -0.2) is 0 Å². The molecule has 0 saturated carbocycles. The average molecular weight is 333 g/mol. The van der Waals surface area contributed by atoms with Gasteiger partial charge in [-0.15, -0.1) is 11.6 Å². The Labute approximate surface area is 131 Å². The molecule has 0 nitrogen and oxygen atoms in total. The van der Waals surface area contributed by atoms with Gasteiger partial charge in [-0.3, -0.25) is 0 Å². The van der Waals surface area contributed by atoms with Crippen LogP contribution in [0.1, 0.15) is 33.2 Å². The van der Waals surface area contributed by atoms with Gasteiger partial charge in [-0.2, -0.15) is 13.2 Å². The normalized spacial score (nSPS) is 13.3. The highest BCUT2D eigenvalue weighted by molar-refractivity contribution is 6.33. The molecule has 0 aliphatic carbocycles. The molecule has 0 saturated heterocycles. The minimum atomic E-state index is -4.45. The number of alkyl halides is 4. The lowest BCUT2D eigenvalue weighted by molar-refractivity contribution is -0.138. The Morgan fingerprint density at radius 1 is 0.952 bits per heavy atom. The lowest BCUT2D eigenvalue weighted by Crippen LogP contribution is -2.11. The molecule has 5 heteroatoms. The van der Waals surface area contributed by atoms with E-state index in [2.05, 4.69) is 0 Å². The first kappa shape index (κ1) is 16.2. The first-order valence-electron chi connectivity index (χ1n) is 6.28. The van der Waals surface area contributed by atoms with Crippen molar-refractivity contribution in [2.24, 2.45) is 0 Å². The van der Waals surface area contributed by atoms with Gasteiger partial charge < -0.3 is 0 Å². The molecule has 0 aliphatic rings. The highest BCUT2D eigenvalue weighted by Gasteiger charge is 2.35. The number of rotatable bonds is 2. The fourth-order valence-corrected chi connectivity index (χ4v) is 2.90.